The smallest absolute Gasteiger partial charge is 0.306 e. The maximum atomic E-state index is 12.8. The van der Waals surface area contributed by atoms with Crippen LogP contribution in [-0.2, 0) is 28.6 Å². The predicted octanol–water partition coefficient (Wildman–Crippen LogP) is 20.2. The monoisotopic (exact) mass is 977 g/mol. The Morgan fingerprint density at radius 2 is 0.529 bits per heavy atom. The quantitative estimate of drug-likeness (QED) is 0.0261. The summed E-state index contributed by atoms with van der Waals surface area (Å²) in [7, 11) is 0. The van der Waals surface area contributed by atoms with E-state index in [-0.39, 0.29) is 37.5 Å². The van der Waals surface area contributed by atoms with E-state index in [0.717, 1.165) is 70.6 Å². The summed E-state index contributed by atoms with van der Waals surface area (Å²) in [5.41, 5.74) is 0. The van der Waals surface area contributed by atoms with Crippen molar-refractivity contribution in [3.63, 3.8) is 0 Å². The normalized spacial score (nSPS) is 12.6. The van der Waals surface area contributed by atoms with Gasteiger partial charge in [-0.05, 0) is 109 Å². The van der Waals surface area contributed by atoms with Gasteiger partial charge in [0.15, 0.2) is 6.10 Å². The van der Waals surface area contributed by atoms with Gasteiger partial charge < -0.3 is 14.2 Å². The van der Waals surface area contributed by atoms with Crippen molar-refractivity contribution in [3.8, 4) is 0 Å². The maximum Gasteiger partial charge on any atom is 0.306 e. The zero-order chi connectivity index (χ0) is 50.7. The van der Waals surface area contributed by atoms with E-state index in [9.17, 15) is 14.4 Å². The summed E-state index contributed by atoms with van der Waals surface area (Å²) >= 11 is 0. The van der Waals surface area contributed by atoms with E-state index in [1.807, 2.05) is 0 Å². The highest BCUT2D eigenvalue weighted by molar-refractivity contribution is 5.71. The zero-order valence-corrected chi connectivity index (χ0v) is 46.3. The molecule has 1 atom stereocenters. The van der Waals surface area contributed by atoms with E-state index in [1.165, 1.54) is 180 Å². The second-order valence-electron chi connectivity index (χ2n) is 19.9. The van der Waals surface area contributed by atoms with Gasteiger partial charge in [0.2, 0.25) is 0 Å². The second-order valence-corrected chi connectivity index (χ2v) is 19.9. The second kappa shape index (κ2) is 58.4. The molecule has 70 heavy (non-hydrogen) atoms. The van der Waals surface area contributed by atoms with Crippen molar-refractivity contribution in [1.29, 1.82) is 0 Å². The van der Waals surface area contributed by atoms with Crippen molar-refractivity contribution < 1.29 is 28.6 Å². The molecule has 0 fully saturated rings. The first-order valence-electron chi connectivity index (χ1n) is 29.9. The van der Waals surface area contributed by atoms with Gasteiger partial charge in [-0.15, -0.1) is 0 Å². The molecule has 0 amide bonds. The molecule has 0 bridgehead atoms. The van der Waals surface area contributed by atoms with Crippen LogP contribution < -0.4 is 0 Å². The molecule has 0 aliphatic carbocycles. The number of unbranched alkanes of at least 4 members (excludes halogenated alkanes) is 31. The Bertz CT molecular complexity index is 1310. The third kappa shape index (κ3) is 55.8. The fraction of sp³-hybridized carbons (Fsp3) is 0.766. The van der Waals surface area contributed by atoms with Crippen LogP contribution in [0, 0.1) is 0 Å². The lowest BCUT2D eigenvalue weighted by atomic mass is 10.1. The van der Waals surface area contributed by atoms with Crippen LogP contribution in [0.5, 0.6) is 0 Å². The van der Waals surface area contributed by atoms with Crippen molar-refractivity contribution in [3.05, 3.63) is 72.9 Å². The van der Waals surface area contributed by atoms with Crippen LogP contribution in [-0.4, -0.2) is 37.2 Å². The third-order valence-electron chi connectivity index (χ3n) is 12.9. The van der Waals surface area contributed by atoms with Crippen molar-refractivity contribution >= 4 is 17.9 Å². The molecule has 6 heteroatoms. The Hall–Kier alpha value is -3.15. The van der Waals surface area contributed by atoms with E-state index >= 15 is 0 Å². The van der Waals surface area contributed by atoms with E-state index in [4.69, 9.17) is 14.2 Å². The van der Waals surface area contributed by atoms with Gasteiger partial charge in [-0.25, -0.2) is 0 Å². The zero-order valence-electron chi connectivity index (χ0n) is 46.3. The predicted molar refractivity (Wildman–Crippen MR) is 302 cm³/mol. The van der Waals surface area contributed by atoms with E-state index in [2.05, 4.69) is 93.7 Å². The number of carbonyl (C=O) groups is 3. The summed E-state index contributed by atoms with van der Waals surface area (Å²) in [6, 6.07) is 0. The van der Waals surface area contributed by atoms with Crippen molar-refractivity contribution in [2.45, 2.75) is 303 Å². The average molecular weight is 978 g/mol. The summed E-state index contributed by atoms with van der Waals surface area (Å²) in [4.78, 5) is 38.2. The molecule has 0 saturated carbocycles. The molecular formula is C64H112O6. The molecular weight excluding hydrogens is 865 g/mol. The molecule has 0 N–H and O–H groups in total. The summed E-state index contributed by atoms with van der Waals surface area (Å²) in [6.07, 6.45) is 74.7. The summed E-state index contributed by atoms with van der Waals surface area (Å²) < 4.78 is 16.8. The van der Waals surface area contributed by atoms with Crippen LogP contribution in [0.4, 0.5) is 0 Å². The van der Waals surface area contributed by atoms with Gasteiger partial charge in [0.1, 0.15) is 13.2 Å². The molecule has 0 rings (SSSR count). The largest absolute Gasteiger partial charge is 0.462 e. The molecule has 0 aliphatic heterocycles. The third-order valence-corrected chi connectivity index (χ3v) is 12.9. The molecule has 404 valence electrons. The highest BCUT2D eigenvalue weighted by atomic mass is 16.6. The number of hydrogen-bond acceptors (Lipinski definition) is 6. The molecule has 0 heterocycles. The molecule has 0 aromatic carbocycles. The number of rotatable bonds is 54. The summed E-state index contributed by atoms with van der Waals surface area (Å²) in [5, 5.41) is 0. The van der Waals surface area contributed by atoms with Gasteiger partial charge in [-0.1, -0.05) is 241 Å². The first-order chi connectivity index (χ1) is 34.5. The van der Waals surface area contributed by atoms with E-state index in [0.29, 0.717) is 19.3 Å². The minimum Gasteiger partial charge on any atom is -0.462 e. The molecule has 0 aromatic rings. The number of carbonyl (C=O) groups excluding carboxylic acids is 3. The van der Waals surface area contributed by atoms with E-state index < -0.39 is 6.10 Å². The molecule has 0 aliphatic rings. The highest BCUT2D eigenvalue weighted by Crippen LogP contribution is 2.15. The number of allylic oxidation sites excluding steroid dienone is 12. The Balaban J connectivity index is 4.47. The van der Waals surface area contributed by atoms with Crippen LogP contribution in [0.3, 0.4) is 0 Å². The van der Waals surface area contributed by atoms with Crippen molar-refractivity contribution in [1.82, 2.24) is 0 Å². The van der Waals surface area contributed by atoms with Gasteiger partial charge in [-0.2, -0.15) is 0 Å². The molecule has 1 unspecified atom stereocenters. The van der Waals surface area contributed by atoms with Crippen molar-refractivity contribution in [2.75, 3.05) is 13.2 Å². The SMILES string of the molecule is CCCCC/C=C\C/C=C\C/C=C\C/C=C\CCCC(=O)OC(COC(=O)CCCCCCC/C=C\CCCCCCCCCCC)COC(=O)CCCCCCCCC/C=C\CCCCCCCC. The first-order valence-corrected chi connectivity index (χ1v) is 29.9. The first kappa shape index (κ1) is 66.9. The minimum absolute atomic E-state index is 0.101. The number of ether oxygens (including phenoxy) is 3. The molecule has 0 aromatic heterocycles. The number of hydrogen-bond donors (Lipinski definition) is 0. The minimum atomic E-state index is -0.810. The summed E-state index contributed by atoms with van der Waals surface area (Å²) in [5.74, 6) is -0.960. The molecule has 0 saturated heterocycles. The van der Waals surface area contributed by atoms with Crippen LogP contribution in [0.25, 0.3) is 0 Å². The Kier molecular flexibility index (Phi) is 55.8. The van der Waals surface area contributed by atoms with Crippen LogP contribution in [0.15, 0.2) is 72.9 Å². The molecule has 6 nitrogen and oxygen atoms in total. The maximum absolute atomic E-state index is 12.8. The lowest BCUT2D eigenvalue weighted by molar-refractivity contribution is -0.167. The van der Waals surface area contributed by atoms with Crippen LogP contribution in [0.2, 0.25) is 0 Å². The fourth-order valence-electron chi connectivity index (χ4n) is 8.37. The lowest BCUT2D eigenvalue weighted by Gasteiger charge is -2.18. The van der Waals surface area contributed by atoms with Crippen LogP contribution >= 0.6 is 0 Å². The number of esters is 3. The average Bonchev–Trinajstić information content (AvgIpc) is 3.36. The molecule has 0 spiro atoms. The van der Waals surface area contributed by atoms with Crippen LogP contribution in [0.1, 0.15) is 297 Å². The van der Waals surface area contributed by atoms with Gasteiger partial charge in [0.25, 0.3) is 0 Å². The van der Waals surface area contributed by atoms with Gasteiger partial charge in [0, 0.05) is 19.3 Å². The van der Waals surface area contributed by atoms with Gasteiger partial charge in [0.05, 0.1) is 0 Å². The van der Waals surface area contributed by atoms with Gasteiger partial charge in [-0.3, -0.25) is 14.4 Å². The van der Waals surface area contributed by atoms with Crippen molar-refractivity contribution in [2.24, 2.45) is 0 Å². The van der Waals surface area contributed by atoms with E-state index in [1.54, 1.807) is 0 Å². The fourth-order valence-corrected chi connectivity index (χ4v) is 8.37. The topological polar surface area (TPSA) is 78.9 Å². The lowest BCUT2D eigenvalue weighted by Crippen LogP contribution is -2.30. The summed E-state index contributed by atoms with van der Waals surface area (Å²) in [6.45, 7) is 6.58. The Labute approximate surface area is 433 Å². The standard InChI is InChI=1S/C64H112O6/c1-4-7-10-13-16-19-22-25-28-31-34-36-39-42-45-48-51-54-57-63(66)69-60-61(70-64(67)58-55-52-49-46-43-40-37-33-30-27-24-21-18-15-12-9-6-3)59-68-62(65)56-53-50-47-44-41-38-35-32-29-26-23-20-17-14-11-8-5-2/h18,21,26-27,29-30,34,36-37,40,46,49,61H,4-17,19-20,22-25,28,31-33,35,38-39,41-45,47-48,50-60H2,1-3H3/b21-18-,29-26-,30-27-,36-34-,40-37-,49-46-. The highest BCUT2D eigenvalue weighted by Gasteiger charge is 2.19. The Morgan fingerprint density at radius 3 is 0.886 bits per heavy atom. The van der Waals surface area contributed by atoms with Gasteiger partial charge >= 0.3 is 17.9 Å². The molecule has 0 radical (unpaired) electrons. The Morgan fingerprint density at radius 1 is 0.286 bits per heavy atom.